The Kier molecular flexibility index (Phi) is 6.98. The summed E-state index contributed by atoms with van der Waals surface area (Å²) in [5, 5.41) is 17.1. The summed E-state index contributed by atoms with van der Waals surface area (Å²) in [6.07, 6.45) is 2.09. The van der Waals surface area contributed by atoms with Crippen molar-refractivity contribution in [2.75, 3.05) is 36.6 Å². The summed E-state index contributed by atoms with van der Waals surface area (Å²) in [5.74, 6) is 0.156. The third-order valence-corrected chi connectivity index (χ3v) is 5.72. The lowest BCUT2D eigenvalue weighted by atomic mass is 10.0. The van der Waals surface area contributed by atoms with E-state index in [0.29, 0.717) is 31.3 Å². The van der Waals surface area contributed by atoms with Crippen molar-refractivity contribution in [2.45, 2.75) is 25.9 Å². The average Bonchev–Trinajstić information content (AvgIpc) is 2.86. The number of nitrogens with one attached hydrogen (secondary N) is 1. The molecule has 1 fully saturated rings. The lowest BCUT2D eigenvalue weighted by Crippen LogP contribution is -2.47. The molecule has 3 aromatic rings. The molecule has 8 heteroatoms. The van der Waals surface area contributed by atoms with Crippen molar-refractivity contribution in [3.8, 4) is 11.3 Å². The van der Waals surface area contributed by atoms with E-state index in [0.717, 1.165) is 30.0 Å². The second-order valence-electron chi connectivity index (χ2n) is 8.11. The van der Waals surface area contributed by atoms with Gasteiger partial charge >= 0.3 is 0 Å². The summed E-state index contributed by atoms with van der Waals surface area (Å²) in [6, 6.07) is 19.3. The first-order valence-corrected chi connectivity index (χ1v) is 11.1. The van der Waals surface area contributed by atoms with Crippen LogP contribution in [0.2, 0.25) is 0 Å². The molecule has 1 aliphatic rings. The van der Waals surface area contributed by atoms with Gasteiger partial charge in [0.1, 0.15) is 5.60 Å². The quantitative estimate of drug-likeness (QED) is 0.572. The van der Waals surface area contributed by atoms with E-state index < -0.39 is 11.5 Å². The predicted octanol–water partition coefficient (Wildman–Crippen LogP) is 3.63. The Morgan fingerprint density at radius 2 is 1.82 bits per heavy atom. The number of benzene rings is 2. The normalized spacial score (nSPS) is 16.1. The fourth-order valence-electron chi connectivity index (χ4n) is 3.49. The van der Waals surface area contributed by atoms with Crippen molar-refractivity contribution < 1.29 is 14.6 Å². The van der Waals surface area contributed by atoms with Gasteiger partial charge in [-0.2, -0.15) is 0 Å². The molecule has 0 aliphatic carbocycles. The fraction of sp³-hybridized carbons (Fsp3) is 0.320. The first kappa shape index (κ1) is 22.8. The molecule has 2 heterocycles. The number of morpholine rings is 1. The van der Waals surface area contributed by atoms with Crippen LogP contribution in [0.25, 0.3) is 11.3 Å². The molecule has 2 N–H and O–H groups in total. The van der Waals surface area contributed by atoms with Crippen LogP contribution in [0.15, 0.2) is 66.9 Å². The number of hydrazine groups is 1. The number of aliphatic hydroxyl groups is 1. The molecular weight excluding hydrogens is 418 g/mol. The monoisotopic (exact) mass is 447 g/mol. The number of para-hydroxylation sites is 1. The van der Waals surface area contributed by atoms with Crippen molar-refractivity contribution in [1.82, 2.24) is 15.0 Å². The third-order valence-electron chi connectivity index (χ3n) is 5.72. The highest BCUT2D eigenvalue weighted by Crippen LogP contribution is 2.27. The van der Waals surface area contributed by atoms with E-state index in [9.17, 15) is 9.90 Å². The molecule has 1 amide bonds. The number of amides is 1. The largest absolute Gasteiger partial charge is 0.380 e. The Bertz CT molecular complexity index is 1070. The van der Waals surface area contributed by atoms with E-state index in [-0.39, 0.29) is 0 Å². The minimum absolute atomic E-state index is 0.335. The Labute approximate surface area is 193 Å². The predicted molar refractivity (Wildman–Crippen MR) is 128 cm³/mol. The molecular formula is C25H29N5O3. The molecule has 2 aromatic carbocycles. The molecule has 0 radical (unpaired) electrons. The number of hydrogen-bond donors (Lipinski definition) is 2. The topological polar surface area (TPSA) is 90.8 Å². The van der Waals surface area contributed by atoms with Crippen LogP contribution in [0.1, 0.15) is 20.3 Å². The lowest BCUT2D eigenvalue weighted by molar-refractivity contribution is -0.132. The molecule has 8 nitrogen and oxygen atoms in total. The standard InChI is InChI=1S/C25H29N5O3/c1-3-25(2,32)23(31)27-20-11-9-19(10-12-20)22-13-14-26-24(28-22)30(21-7-5-4-6-8-21)29-15-17-33-18-16-29/h4-14,32H,3,15-18H2,1-2H3,(H,27,31)/t25-/m0/s1. The summed E-state index contributed by atoms with van der Waals surface area (Å²) in [5.41, 5.74) is 1.87. The first-order chi connectivity index (χ1) is 16.0. The van der Waals surface area contributed by atoms with Crippen molar-refractivity contribution in [2.24, 2.45) is 0 Å². The number of carbonyl (C=O) groups excluding carboxylic acids is 1. The number of rotatable bonds is 7. The smallest absolute Gasteiger partial charge is 0.256 e. The van der Waals surface area contributed by atoms with Crippen LogP contribution in [-0.4, -0.2) is 57.9 Å². The van der Waals surface area contributed by atoms with Gasteiger partial charge in [-0.1, -0.05) is 37.3 Å². The van der Waals surface area contributed by atoms with E-state index in [1.807, 2.05) is 53.5 Å². The van der Waals surface area contributed by atoms with Crippen LogP contribution in [0.4, 0.5) is 17.3 Å². The molecule has 0 unspecified atom stereocenters. The Morgan fingerprint density at radius 1 is 1.12 bits per heavy atom. The van der Waals surface area contributed by atoms with E-state index >= 15 is 0 Å². The maximum Gasteiger partial charge on any atom is 0.256 e. The summed E-state index contributed by atoms with van der Waals surface area (Å²) < 4.78 is 5.53. The van der Waals surface area contributed by atoms with Gasteiger partial charge in [-0.05, 0) is 43.7 Å². The second kappa shape index (κ2) is 10.1. The molecule has 33 heavy (non-hydrogen) atoms. The SMILES string of the molecule is CC[C@](C)(O)C(=O)Nc1ccc(-c2ccnc(N(c3ccccc3)N3CCOCC3)n2)cc1. The number of ether oxygens (including phenoxy) is 1. The van der Waals surface area contributed by atoms with Crippen LogP contribution < -0.4 is 10.3 Å². The third kappa shape index (κ3) is 5.36. The van der Waals surface area contributed by atoms with Gasteiger partial charge in [0.2, 0.25) is 5.95 Å². The second-order valence-corrected chi connectivity index (χ2v) is 8.11. The number of carbonyl (C=O) groups is 1. The molecule has 0 bridgehead atoms. The zero-order valence-corrected chi connectivity index (χ0v) is 18.9. The van der Waals surface area contributed by atoms with Crippen LogP contribution in [0.3, 0.4) is 0 Å². The highest BCUT2D eigenvalue weighted by atomic mass is 16.5. The van der Waals surface area contributed by atoms with Crippen LogP contribution in [-0.2, 0) is 9.53 Å². The fourth-order valence-corrected chi connectivity index (χ4v) is 3.49. The van der Waals surface area contributed by atoms with Crippen molar-refractivity contribution in [3.05, 3.63) is 66.9 Å². The number of aromatic nitrogens is 2. The van der Waals surface area contributed by atoms with Gasteiger partial charge in [-0.25, -0.2) is 20.0 Å². The van der Waals surface area contributed by atoms with Gasteiger partial charge in [0.25, 0.3) is 5.91 Å². The first-order valence-electron chi connectivity index (χ1n) is 11.1. The lowest BCUT2D eigenvalue weighted by Gasteiger charge is -2.37. The van der Waals surface area contributed by atoms with E-state index in [1.54, 1.807) is 25.3 Å². The molecule has 4 rings (SSSR count). The number of nitrogens with zero attached hydrogens (tertiary/aromatic N) is 4. The van der Waals surface area contributed by atoms with Crippen molar-refractivity contribution in [1.29, 1.82) is 0 Å². The Balaban J connectivity index is 1.59. The minimum Gasteiger partial charge on any atom is -0.380 e. The molecule has 1 aromatic heterocycles. The highest BCUT2D eigenvalue weighted by Gasteiger charge is 2.28. The van der Waals surface area contributed by atoms with Crippen LogP contribution in [0, 0.1) is 0 Å². The Morgan fingerprint density at radius 3 is 2.48 bits per heavy atom. The van der Waals surface area contributed by atoms with Crippen molar-refractivity contribution in [3.63, 3.8) is 0 Å². The van der Waals surface area contributed by atoms with E-state index in [1.165, 1.54) is 6.92 Å². The highest BCUT2D eigenvalue weighted by molar-refractivity contribution is 5.96. The van der Waals surface area contributed by atoms with Crippen LogP contribution >= 0.6 is 0 Å². The molecule has 0 saturated carbocycles. The van der Waals surface area contributed by atoms with Crippen LogP contribution in [0.5, 0.6) is 0 Å². The minimum atomic E-state index is -1.40. The van der Waals surface area contributed by atoms with E-state index in [2.05, 4.69) is 15.3 Å². The maximum atomic E-state index is 12.2. The summed E-state index contributed by atoms with van der Waals surface area (Å²) >= 11 is 0. The van der Waals surface area contributed by atoms with Gasteiger partial charge in [0.05, 0.1) is 24.6 Å². The van der Waals surface area contributed by atoms with Crippen molar-refractivity contribution >= 4 is 23.2 Å². The summed E-state index contributed by atoms with van der Waals surface area (Å²) in [7, 11) is 0. The molecule has 1 saturated heterocycles. The van der Waals surface area contributed by atoms with E-state index in [4.69, 9.17) is 9.72 Å². The van der Waals surface area contributed by atoms with Gasteiger partial charge in [0.15, 0.2) is 0 Å². The number of anilines is 3. The van der Waals surface area contributed by atoms with Gasteiger partial charge in [0, 0.05) is 30.5 Å². The summed E-state index contributed by atoms with van der Waals surface area (Å²) in [4.78, 5) is 21.6. The maximum absolute atomic E-state index is 12.2. The van der Waals surface area contributed by atoms with Gasteiger partial charge < -0.3 is 15.2 Å². The molecule has 1 atom stereocenters. The van der Waals surface area contributed by atoms with Gasteiger partial charge in [-0.3, -0.25) is 4.79 Å². The average molecular weight is 448 g/mol. The zero-order valence-electron chi connectivity index (χ0n) is 18.9. The summed E-state index contributed by atoms with van der Waals surface area (Å²) in [6.45, 7) is 6.08. The molecule has 1 aliphatic heterocycles. The zero-order chi connectivity index (χ0) is 23.3. The molecule has 0 spiro atoms. The molecule has 172 valence electrons. The Hall–Kier alpha value is -3.33. The number of hydrogen-bond acceptors (Lipinski definition) is 7. The van der Waals surface area contributed by atoms with Gasteiger partial charge in [-0.15, -0.1) is 0 Å².